The van der Waals surface area contributed by atoms with Crippen LogP contribution in [-0.4, -0.2) is 48.8 Å². The van der Waals surface area contributed by atoms with Crippen molar-refractivity contribution in [2.24, 2.45) is 40.4 Å². The van der Waals surface area contributed by atoms with Crippen LogP contribution in [0.3, 0.4) is 0 Å². The summed E-state index contributed by atoms with van der Waals surface area (Å²) in [6, 6.07) is 11.9. The molecule has 0 spiro atoms. The lowest BCUT2D eigenvalue weighted by atomic mass is 9.57. The Balaban J connectivity index is 0.889. The van der Waals surface area contributed by atoms with E-state index >= 15 is 0 Å². The second kappa shape index (κ2) is 13.7. The van der Waals surface area contributed by atoms with E-state index in [1.807, 2.05) is 0 Å². The van der Waals surface area contributed by atoms with Crippen molar-refractivity contribution >= 4 is 5.69 Å². The SMILES string of the molecule is CC1(C)C2=CC(N(C3=CC=C(C4=CC=CCC4)CC3)c3ccc(C4CCC5C(C4)C4CNCC6C4N5C4NCCCC4C6(C)C)cc3)CC=C2C2CC=CC=C21. The molecule has 11 rings (SSSR count). The third-order valence-corrected chi connectivity index (χ3v) is 17.4. The largest absolute Gasteiger partial charge is 0.338 e. The lowest BCUT2D eigenvalue weighted by molar-refractivity contribution is -0.126. The Hall–Kier alpha value is -3.18. The maximum absolute atomic E-state index is 4.11. The molecular formula is C52H66N4. The first-order chi connectivity index (χ1) is 27.3. The Morgan fingerprint density at radius 3 is 2.48 bits per heavy atom. The van der Waals surface area contributed by atoms with Crippen molar-refractivity contribution in [3.8, 4) is 0 Å². The predicted molar refractivity (Wildman–Crippen MR) is 232 cm³/mol. The van der Waals surface area contributed by atoms with Gasteiger partial charge in [0.2, 0.25) is 0 Å². The Kier molecular flexibility index (Phi) is 8.80. The number of piperidine rings is 3. The molecule has 1 aromatic rings. The summed E-state index contributed by atoms with van der Waals surface area (Å²) in [7, 11) is 0. The fraction of sp³-hybridized carbons (Fsp3) is 0.577. The second-order valence-electron chi connectivity index (χ2n) is 20.6. The van der Waals surface area contributed by atoms with E-state index in [-0.39, 0.29) is 5.41 Å². The quantitative estimate of drug-likeness (QED) is 0.314. The Morgan fingerprint density at radius 2 is 1.66 bits per heavy atom. The first kappa shape index (κ1) is 35.9. The van der Waals surface area contributed by atoms with Gasteiger partial charge in [0.25, 0.3) is 0 Å². The fourth-order valence-corrected chi connectivity index (χ4v) is 14.6. The van der Waals surface area contributed by atoms with Crippen LogP contribution >= 0.6 is 0 Å². The van der Waals surface area contributed by atoms with Gasteiger partial charge in [-0.2, -0.15) is 0 Å². The maximum atomic E-state index is 4.11. The van der Waals surface area contributed by atoms with Crippen LogP contribution in [0.5, 0.6) is 0 Å². The standard InChI is InChI=1S/C52H66N4/c1-51(2)44-14-9-8-13-40(44)41-26-25-39(30-46(41)51)55(37-21-16-34(17-22-37)33-11-6-5-7-12-33)38-23-18-35(19-24-38)36-20-27-48-42(29-36)43-31-53-32-47-49(43)56(48)50-45(52(47,3)4)15-10-28-54-50/h5-6,8-9,11,14,16,18-19,21,23-24,26,30,36,39-40,42-43,45,47-50,53-54H,7,10,12-13,15,17,20,22,25,27-29,31-32H2,1-4H3. The molecular weight excluding hydrogens is 681 g/mol. The van der Waals surface area contributed by atoms with Crippen LogP contribution in [0.25, 0.3) is 0 Å². The number of benzene rings is 1. The van der Waals surface area contributed by atoms with E-state index in [0.29, 0.717) is 29.5 Å². The number of nitrogens with one attached hydrogen (secondary N) is 2. The highest BCUT2D eigenvalue weighted by Gasteiger charge is 2.64. The highest BCUT2D eigenvalue weighted by molar-refractivity contribution is 5.63. The molecule has 0 aromatic heterocycles. The van der Waals surface area contributed by atoms with E-state index in [0.717, 1.165) is 61.4 Å². The molecule has 294 valence electrons. The van der Waals surface area contributed by atoms with Gasteiger partial charge in [0.1, 0.15) is 0 Å². The Morgan fingerprint density at radius 1 is 0.804 bits per heavy atom. The van der Waals surface area contributed by atoms with Gasteiger partial charge >= 0.3 is 0 Å². The van der Waals surface area contributed by atoms with Crippen molar-refractivity contribution in [3.05, 3.63) is 124 Å². The second-order valence-corrected chi connectivity index (χ2v) is 20.6. The molecule has 0 amide bonds. The Labute approximate surface area is 337 Å². The molecule has 0 bridgehead atoms. The van der Waals surface area contributed by atoms with Gasteiger partial charge in [-0.1, -0.05) is 100 Å². The summed E-state index contributed by atoms with van der Waals surface area (Å²) in [6.07, 6.45) is 38.4. The van der Waals surface area contributed by atoms with Gasteiger partial charge in [0.05, 0.1) is 12.2 Å². The zero-order valence-electron chi connectivity index (χ0n) is 34.7. The molecule has 6 aliphatic carbocycles. The molecule has 2 N–H and O–H groups in total. The molecule has 0 radical (unpaired) electrons. The van der Waals surface area contributed by atoms with Crippen LogP contribution in [0.1, 0.15) is 110 Å². The van der Waals surface area contributed by atoms with E-state index in [4.69, 9.17) is 0 Å². The minimum Gasteiger partial charge on any atom is -0.338 e. The van der Waals surface area contributed by atoms with Gasteiger partial charge in [-0.25, -0.2) is 0 Å². The number of nitrogens with zero attached hydrogens (tertiary/aromatic N) is 2. The average Bonchev–Trinajstić information content (AvgIpc) is 3.69. The molecule has 2 saturated carbocycles. The molecule has 4 heterocycles. The van der Waals surface area contributed by atoms with Crippen molar-refractivity contribution in [1.82, 2.24) is 15.5 Å². The molecule has 10 aliphatic rings. The lowest BCUT2D eigenvalue weighted by Gasteiger charge is -2.61. The summed E-state index contributed by atoms with van der Waals surface area (Å²) < 4.78 is 0. The van der Waals surface area contributed by atoms with Gasteiger partial charge in [-0.15, -0.1) is 0 Å². The number of anilines is 1. The summed E-state index contributed by atoms with van der Waals surface area (Å²) in [6.45, 7) is 13.8. The van der Waals surface area contributed by atoms with Crippen molar-refractivity contribution in [3.63, 3.8) is 0 Å². The minimum atomic E-state index is 0.0786. The van der Waals surface area contributed by atoms with Crippen LogP contribution in [0, 0.1) is 40.4 Å². The third-order valence-electron chi connectivity index (χ3n) is 17.4. The van der Waals surface area contributed by atoms with Crippen molar-refractivity contribution in [1.29, 1.82) is 0 Å². The molecule has 56 heavy (non-hydrogen) atoms. The highest BCUT2D eigenvalue weighted by Crippen LogP contribution is 2.60. The van der Waals surface area contributed by atoms with Gasteiger partial charge in [0.15, 0.2) is 0 Å². The number of rotatable bonds is 5. The number of hydrogen-bond donors (Lipinski definition) is 2. The number of hydrogen-bond acceptors (Lipinski definition) is 4. The van der Waals surface area contributed by atoms with Crippen molar-refractivity contribution < 1.29 is 0 Å². The van der Waals surface area contributed by atoms with Gasteiger partial charge < -0.3 is 15.5 Å². The molecule has 10 unspecified atom stereocenters. The first-order valence-electron chi connectivity index (χ1n) is 23.0. The van der Waals surface area contributed by atoms with Crippen molar-refractivity contribution in [2.45, 2.75) is 129 Å². The van der Waals surface area contributed by atoms with E-state index in [1.165, 1.54) is 87.1 Å². The van der Waals surface area contributed by atoms with Crippen LogP contribution in [0.4, 0.5) is 5.69 Å². The molecule has 4 heteroatoms. The van der Waals surface area contributed by atoms with E-state index < -0.39 is 0 Å². The van der Waals surface area contributed by atoms with Crippen LogP contribution < -0.4 is 15.5 Å². The van der Waals surface area contributed by atoms with Crippen LogP contribution in [-0.2, 0) is 0 Å². The normalized spacial score (nSPS) is 39.0. The monoisotopic (exact) mass is 747 g/mol. The summed E-state index contributed by atoms with van der Waals surface area (Å²) in [5.41, 5.74) is 12.7. The summed E-state index contributed by atoms with van der Waals surface area (Å²) in [4.78, 5) is 5.85. The molecule has 6 fully saturated rings. The van der Waals surface area contributed by atoms with E-state index in [2.05, 4.69) is 133 Å². The predicted octanol–water partition coefficient (Wildman–Crippen LogP) is 10.7. The Bertz CT molecular complexity index is 2000. The smallest absolute Gasteiger partial charge is 0.0636 e. The fourth-order valence-electron chi connectivity index (χ4n) is 14.6. The summed E-state index contributed by atoms with van der Waals surface area (Å²) in [5.74, 6) is 4.33. The molecule has 1 aromatic carbocycles. The van der Waals surface area contributed by atoms with Crippen LogP contribution in [0.2, 0.25) is 0 Å². The molecule has 4 aliphatic heterocycles. The molecule has 4 saturated heterocycles. The average molecular weight is 747 g/mol. The topological polar surface area (TPSA) is 30.5 Å². The molecule has 10 atom stereocenters. The van der Waals surface area contributed by atoms with Crippen LogP contribution in [0.15, 0.2) is 119 Å². The lowest BCUT2D eigenvalue weighted by Crippen LogP contribution is -2.71. The summed E-state index contributed by atoms with van der Waals surface area (Å²) in [5, 5.41) is 8.11. The van der Waals surface area contributed by atoms with Gasteiger partial charge in [-0.3, -0.25) is 4.90 Å². The first-order valence-corrected chi connectivity index (χ1v) is 23.0. The third kappa shape index (κ3) is 5.55. The number of fused-ring (bicyclic) bond motifs is 8. The zero-order chi connectivity index (χ0) is 37.8. The van der Waals surface area contributed by atoms with E-state index in [9.17, 15) is 0 Å². The van der Waals surface area contributed by atoms with Gasteiger partial charge in [0, 0.05) is 34.8 Å². The summed E-state index contributed by atoms with van der Waals surface area (Å²) >= 11 is 0. The van der Waals surface area contributed by atoms with Crippen molar-refractivity contribution in [2.75, 3.05) is 24.5 Å². The minimum absolute atomic E-state index is 0.0786. The van der Waals surface area contributed by atoms with Gasteiger partial charge in [-0.05, 0) is 171 Å². The highest BCUT2D eigenvalue weighted by atomic mass is 15.4. The number of allylic oxidation sites excluding steroid dienone is 14. The van der Waals surface area contributed by atoms with E-state index in [1.54, 1.807) is 22.3 Å². The molecule has 4 nitrogen and oxygen atoms in total. The maximum Gasteiger partial charge on any atom is 0.0636 e. The zero-order valence-corrected chi connectivity index (χ0v) is 34.7.